The molecule has 0 spiro atoms. The van der Waals surface area contributed by atoms with E-state index in [1.165, 1.54) is 82.2 Å². The molecule has 4 atom stereocenters. The van der Waals surface area contributed by atoms with Crippen LogP contribution in [0.2, 0.25) is 0 Å². The number of anilines is 3. The van der Waals surface area contributed by atoms with Crippen LogP contribution >= 0.6 is 63.7 Å². The van der Waals surface area contributed by atoms with E-state index >= 15 is 0 Å². The zero-order valence-electron chi connectivity index (χ0n) is 69.4. The number of cyclic esters (lactones) is 2. The number of fused-ring (bicyclic) bond motifs is 6. The largest absolute Gasteiger partial charge is 0.459 e. The van der Waals surface area contributed by atoms with Crippen molar-refractivity contribution in [2.45, 2.75) is 104 Å². The summed E-state index contributed by atoms with van der Waals surface area (Å²) in [4.78, 5) is 102. The number of rotatable bonds is 23. The zero-order chi connectivity index (χ0) is 92.9. The van der Waals surface area contributed by atoms with Gasteiger partial charge in [-0.25, -0.2) is 24.7 Å². The SMILES string of the molecule is C=CC(=O)Nc1ccc(C)c(S(=O)(=O)N(C)/N=C/c2cnc3ccc(Br)cn23)c1.Cc1ccc(C(=O)N2C[C@@H]3C[C@H]2C(=O)O3)cc1S(=O)(=O)N(C)/N=C/c1cnc2ccc(Br)cn12.Cc1ccc(NC(=O)[C@@H]2CCC(=O)O2)cc1S(=O)(=O)N(C)/N=C/c1cnc2ccc(Br)cn12.Cc1ccc(NC(=O)[C@H]2CCC(=O)O2)cc1S(=O)(=O)N(C)/N=C/c1cnc2ccc(Br)cn12. The molecule has 38 nitrogen and oxygen atoms in total. The molecule has 4 fully saturated rings. The number of nitrogens with one attached hydrogen (secondary N) is 3. The van der Waals surface area contributed by atoms with Gasteiger partial charge in [0.15, 0.2) is 12.2 Å². The minimum absolute atomic E-state index is 0.00995. The Hall–Kier alpha value is -12.7. The van der Waals surface area contributed by atoms with Crippen molar-refractivity contribution in [3.8, 4) is 0 Å². The number of benzene rings is 4. The second-order valence-corrected chi connectivity index (χ2v) is 40.5. The van der Waals surface area contributed by atoms with Gasteiger partial charge in [-0.3, -0.25) is 46.4 Å². The van der Waals surface area contributed by atoms with Gasteiger partial charge in [-0.05, 0) is 217 Å². The summed E-state index contributed by atoms with van der Waals surface area (Å²) in [6.45, 7) is 10.3. The Morgan fingerprint density at radius 3 is 1.05 bits per heavy atom. The van der Waals surface area contributed by atoms with Crippen molar-refractivity contribution in [1.82, 2.24) is 60.1 Å². The summed E-state index contributed by atoms with van der Waals surface area (Å²) < 4.78 is 134. The number of hydrogen-bond acceptors (Lipinski definition) is 26. The van der Waals surface area contributed by atoms with Gasteiger partial charge in [-0.2, -0.15) is 71.7 Å². The van der Waals surface area contributed by atoms with Crippen molar-refractivity contribution < 1.29 is 81.4 Å². The van der Waals surface area contributed by atoms with Gasteiger partial charge in [0.2, 0.25) is 5.91 Å². The van der Waals surface area contributed by atoms with Crippen molar-refractivity contribution in [2.75, 3.05) is 50.7 Å². The number of carbonyl (C=O) groups is 7. The molecule has 12 aromatic rings. The number of likely N-dealkylation sites (tertiary alicyclic amines) is 1. The second-order valence-electron chi connectivity index (χ2n) is 29.2. The highest BCUT2D eigenvalue weighted by Crippen LogP contribution is 2.34. The molecule has 670 valence electrons. The summed E-state index contributed by atoms with van der Waals surface area (Å²) in [6, 6.07) is 32.2. The van der Waals surface area contributed by atoms with E-state index in [1.54, 1.807) is 137 Å². The van der Waals surface area contributed by atoms with E-state index in [0.717, 1.165) is 41.6 Å². The quantitative estimate of drug-likeness (QED) is 0.0176. The van der Waals surface area contributed by atoms with E-state index in [1.807, 2.05) is 54.7 Å². The highest BCUT2D eigenvalue weighted by Gasteiger charge is 2.49. The molecule has 0 radical (unpaired) electrons. The Kier molecular flexibility index (Phi) is 28.4. The highest BCUT2D eigenvalue weighted by molar-refractivity contribution is 9.11. The summed E-state index contributed by atoms with van der Waals surface area (Å²) in [5, 5.41) is 24.2. The molecule has 12 heterocycles. The molecule has 3 N–H and O–H groups in total. The number of pyridine rings is 4. The van der Waals surface area contributed by atoms with Crippen molar-refractivity contribution >= 4 is 210 Å². The van der Waals surface area contributed by atoms with Gasteiger partial charge in [0.1, 0.15) is 34.7 Å². The average molecular weight is 2090 g/mol. The molecule has 4 amide bonds. The third-order valence-electron chi connectivity index (χ3n) is 20.3. The first-order chi connectivity index (χ1) is 61.2. The van der Waals surface area contributed by atoms with Gasteiger partial charge >= 0.3 is 17.9 Å². The molecule has 4 aromatic carbocycles. The van der Waals surface area contributed by atoms with Crippen LogP contribution in [0.1, 0.15) is 87.5 Å². The maximum absolute atomic E-state index is 13.3. The maximum atomic E-state index is 13.3. The minimum atomic E-state index is -4.05. The molecule has 8 aromatic heterocycles. The standard InChI is InChI=1S/C22H20BrN5O5S.2C21H20BrN5O5S.C19H18BrN5O3S/c1-13-3-4-14(21(29)28-12-17-8-18(28)22(30)33-17)7-19(13)34(31,32)26(2)25-10-16-9-24-20-6-5-15(23)11-27(16)20;2*1-13-3-5-15(25-21(29)17-6-8-20(28)32-17)9-18(13)33(30,31)26(2)24-11-16-10-23-19-7-4-14(22)12-27(16)19;1-4-19(26)23-15-7-5-13(2)17(9-15)29(27,28)24(3)22-11-16-10-21-18-8-6-14(20)12-25(16)18/h3-7,9-11,17-18H,8,12H2,1-2H3;2*3-5,7,9-12,17H,6,8H2,1-2H3,(H,25,29);4-12H,1H2,2-3H3,(H,23,26)/b25-10+;2*24-11+;22-11+/t17-,18-;2*17-;/m010./s1. The fraction of sp³-hybridized carbons (Fsp3) is 0.217. The molecule has 16 rings (SSSR count). The van der Waals surface area contributed by atoms with Crippen LogP contribution in [0.3, 0.4) is 0 Å². The number of hydrogen-bond donors (Lipinski definition) is 3. The van der Waals surface area contributed by atoms with Gasteiger partial charge in [-0.1, -0.05) is 30.8 Å². The third-order valence-corrected chi connectivity index (χ3v) is 29.3. The number of sulfonamides is 4. The van der Waals surface area contributed by atoms with Crippen LogP contribution in [-0.2, 0) is 83.1 Å². The van der Waals surface area contributed by atoms with E-state index in [-0.39, 0.29) is 55.5 Å². The first kappa shape index (κ1) is 93.9. The fourth-order valence-electron chi connectivity index (χ4n) is 13.3. The number of nitrogens with zero attached hydrogens (tertiary/aromatic N) is 17. The second kappa shape index (κ2) is 39.1. The van der Waals surface area contributed by atoms with Crippen molar-refractivity contribution in [3.05, 3.63) is 252 Å². The summed E-state index contributed by atoms with van der Waals surface area (Å²) in [6.07, 6.45) is 19.7. The lowest BCUT2D eigenvalue weighted by Crippen LogP contribution is -2.44. The Labute approximate surface area is 772 Å². The Balaban J connectivity index is 0.000000147. The Morgan fingerprint density at radius 2 is 0.752 bits per heavy atom. The first-order valence-electron chi connectivity index (χ1n) is 38.7. The molecule has 0 saturated carbocycles. The number of aryl methyl sites for hydroxylation is 4. The summed E-state index contributed by atoms with van der Waals surface area (Å²) >= 11 is 13.6. The Morgan fingerprint density at radius 1 is 0.442 bits per heavy atom. The summed E-state index contributed by atoms with van der Waals surface area (Å²) in [5.74, 6) is -3.11. The number of ether oxygens (including phenoxy) is 3. The van der Waals surface area contributed by atoms with Crippen LogP contribution in [-0.4, -0.2) is 219 Å². The molecule has 4 saturated heterocycles. The van der Waals surface area contributed by atoms with Gasteiger partial charge in [0.05, 0.1) is 98.5 Å². The van der Waals surface area contributed by atoms with Crippen molar-refractivity contribution in [1.29, 1.82) is 0 Å². The number of morpholine rings is 1. The van der Waals surface area contributed by atoms with Crippen molar-refractivity contribution in [2.24, 2.45) is 20.4 Å². The average Bonchev–Trinajstić information content (AvgIpc) is 1.75. The van der Waals surface area contributed by atoms with E-state index in [9.17, 15) is 67.2 Å². The highest BCUT2D eigenvalue weighted by atomic mass is 79.9. The lowest BCUT2D eigenvalue weighted by molar-refractivity contribution is -0.149. The predicted molar refractivity (Wildman–Crippen MR) is 490 cm³/mol. The van der Waals surface area contributed by atoms with Crippen LogP contribution in [0.25, 0.3) is 22.6 Å². The lowest BCUT2D eigenvalue weighted by atomic mass is 10.1. The number of carbonyl (C=O) groups excluding carboxylic acids is 7. The number of esters is 3. The van der Waals surface area contributed by atoms with Crippen LogP contribution in [0.4, 0.5) is 17.1 Å². The lowest BCUT2D eigenvalue weighted by Gasteiger charge is -2.26. The van der Waals surface area contributed by atoms with Crippen LogP contribution in [0.5, 0.6) is 0 Å². The van der Waals surface area contributed by atoms with Gasteiger partial charge in [0.25, 0.3) is 57.8 Å². The number of halogens is 4. The molecule has 129 heavy (non-hydrogen) atoms. The van der Waals surface area contributed by atoms with Crippen molar-refractivity contribution in [3.63, 3.8) is 0 Å². The number of hydrazone groups is 4. The van der Waals surface area contributed by atoms with Gasteiger partial charge < -0.3 is 35.1 Å². The fourth-order valence-corrected chi connectivity index (χ4v) is 19.5. The molecule has 2 bridgehead atoms. The van der Waals surface area contributed by atoms with Gasteiger partial charge in [-0.15, -0.1) is 0 Å². The predicted octanol–water partition coefficient (Wildman–Crippen LogP) is 10.8. The smallest absolute Gasteiger partial charge is 0.329 e. The van der Waals surface area contributed by atoms with Crippen LogP contribution in [0, 0.1) is 27.7 Å². The number of imidazole rings is 4. The van der Waals surface area contributed by atoms with E-state index in [0.29, 0.717) is 99.1 Å². The normalized spacial score (nSPS) is 16.2. The van der Waals surface area contributed by atoms with Crippen LogP contribution in [0.15, 0.2) is 241 Å². The molecule has 4 aliphatic rings. The summed E-state index contributed by atoms with van der Waals surface area (Å²) in [7, 11) is -10.7. The van der Waals surface area contributed by atoms with E-state index in [2.05, 4.69) is 127 Å². The topological polar surface area (TPSA) is 455 Å². The molecule has 46 heteroatoms. The molecular weight excluding hydrogens is 2010 g/mol. The minimum Gasteiger partial charge on any atom is -0.459 e. The molecule has 0 aliphatic carbocycles. The summed E-state index contributed by atoms with van der Waals surface area (Å²) in [5.41, 5.74) is 8.25. The Bertz CT molecular complexity index is 6930. The van der Waals surface area contributed by atoms with Gasteiger partial charge in [0, 0.05) is 126 Å². The number of amides is 4. The third kappa shape index (κ3) is 21.3. The monoisotopic (exact) mass is 2090 g/mol. The number of aromatic nitrogens is 8. The zero-order valence-corrected chi connectivity index (χ0v) is 79.0. The molecule has 0 unspecified atom stereocenters. The van der Waals surface area contributed by atoms with E-state index < -0.39 is 99.9 Å². The molecule has 4 aliphatic heterocycles. The van der Waals surface area contributed by atoms with E-state index in [4.69, 9.17) is 14.2 Å². The molecular formula is C83H78Br4N20O18S4. The van der Waals surface area contributed by atoms with Crippen LogP contribution < -0.4 is 16.0 Å². The maximum Gasteiger partial charge on any atom is 0.329 e. The first-order valence-corrected chi connectivity index (χ1v) is 47.6.